The maximum Gasteiger partial charge on any atom is 0.469 e. The van der Waals surface area contributed by atoms with Crippen LogP contribution >= 0.6 is 7.82 Å². The number of phosphoric acid groups is 1. The van der Waals surface area contributed by atoms with Gasteiger partial charge in [0.05, 0.1) is 13.2 Å². The van der Waals surface area contributed by atoms with Crippen molar-refractivity contribution in [2.75, 3.05) is 20.3 Å². The average Bonchev–Trinajstić information content (AvgIpc) is 2.64. The Morgan fingerprint density at radius 1 is 0.857 bits per heavy atom. The molecule has 15 heteroatoms. The first-order valence-electron chi connectivity index (χ1n) is 8.20. The molecule has 2 fully saturated rings. The van der Waals surface area contributed by atoms with Crippen LogP contribution in [0.3, 0.4) is 0 Å². The number of aliphatic hydroxyl groups is 6. The zero-order chi connectivity index (χ0) is 21.2. The second-order valence-corrected chi connectivity index (χ2v) is 7.58. The van der Waals surface area contributed by atoms with Gasteiger partial charge in [0.2, 0.25) is 0 Å². The van der Waals surface area contributed by atoms with Gasteiger partial charge in [0.25, 0.3) is 0 Å². The van der Waals surface area contributed by atoms with Crippen LogP contribution in [0.2, 0.25) is 0 Å². The van der Waals surface area contributed by atoms with Crippen LogP contribution < -0.4 is 0 Å². The van der Waals surface area contributed by atoms with Gasteiger partial charge >= 0.3 is 7.82 Å². The monoisotopic (exact) mass is 436 g/mol. The van der Waals surface area contributed by atoms with Crippen LogP contribution in [0.25, 0.3) is 0 Å². The van der Waals surface area contributed by atoms with Gasteiger partial charge in [-0.1, -0.05) is 0 Å². The highest BCUT2D eigenvalue weighted by atomic mass is 31.2. The normalized spacial score (nSPS) is 45.2. The maximum absolute atomic E-state index is 10.8. The summed E-state index contributed by atoms with van der Waals surface area (Å²) in [5, 5.41) is 59.3. The van der Waals surface area contributed by atoms with Crippen LogP contribution in [-0.2, 0) is 28.0 Å². The van der Waals surface area contributed by atoms with Gasteiger partial charge in [0.15, 0.2) is 12.6 Å². The molecule has 0 unspecified atom stereocenters. The SMILES string of the molecule is CO[C@@H]1O[C@H](CO)[C@@H](O)[C@H](O)[C@H]1O[C@@H]1O[C@H](COP(=O)(O)O)[C@@H](O)[C@H](O)[C@H]1O. The topological polar surface area (TPSA) is 225 Å². The molecule has 2 saturated heterocycles. The van der Waals surface area contributed by atoms with Crippen LogP contribution in [0, 0.1) is 0 Å². The van der Waals surface area contributed by atoms with Gasteiger partial charge in [-0.15, -0.1) is 0 Å². The van der Waals surface area contributed by atoms with E-state index in [9.17, 15) is 30.1 Å². The van der Waals surface area contributed by atoms with E-state index in [1.165, 1.54) is 7.11 Å². The standard InChI is InChI=1S/C13H25O14P/c1-23-13-11(9(18)6(15)4(2-14)25-13)27-12-10(19)8(17)7(16)5(26-12)3-24-28(20,21)22/h4-19H,2-3H2,1H3,(H2,20,21,22)/t4-,5-,6-,7-,8+,9+,10-,11-,12+,13-/m1/s1. The van der Waals surface area contributed by atoms with Crippen LogP contribution in [0.5, 0.6) is 0 Å². The summed E-state index contributed by atoms with van der Waals surface area (Å²) in [6.45, 7) is -1.47. The van der Waals surface area contributed by atoms with E-state index < -0.39 is 82.4 Å². The minimum absolute atomic E-state index is 0.625. The van der Waals surface area contributed by atoms with Crippen LogP contribution in [0.4, 0.5) is 0 Å². The zero-order valence-electron chi connectivity index (χ0n) is 14.7. The number of phosphoric ester groups is 1. The number of methoxy groups -OCH3 is 1. The number of hydrogen-bond donors (Lipinski definition) is 8. The van der Waals surface area contributed by atoms with Gasteiger partial charge < -0.3 is 59.4 Å². The number of hydrogen-bond acceptors (Lipinski definition) is 12. The number of ether oxygens (including phenoxy) is 4. The Bertz CT molecular complexity index is 541. The Morgan fingerprint density at radius 2 is 1.43 bits per heavy atom. The molecule has 166 valence electrons. The van der Waals surface area contributed by atoms with E-state index in [2.05, 4.69) is 4.52 Å². The molecule has 8 N–H and O–H groups in total. The third-order valence-corrected chi connectivity index (χ3v) is 4.91. The van der Waals surface area contributed by atoms with Crippen LogP contribution in [0.1, 0.15) is 0 Å². The van der Waals surface area contributed by atoms with Crippen molar-refractivity contribution in [1.29, 1.82) is 0 Å². The lowest BCUT2D eigenvalue weighted by Gasteiger charge is -2.45. The molecule has 0 aliphatic carbocycles. The molecule has 2 rings (SSSR count). The molecule has 0 radical (unpaired) electrons. The molecular formula is C13H25O14P. The second kappa shape index (κ2) is 9.68. The summed E-state index contributed by atoms with van der Waals surface area (Å²) in [5.41, 5.74) is 0. The van der Waals surface area contributed by atoms with Gasteiger partial charge in [-0.3, -0.25) is 4.52 Å². The maximum atomic E-state index is 10.8. The van der Waals surface area contributed by atoms with E-state index in [4.69, 9.17) is 33.8 Å². The second-order valence-electron chi connectivity index (χ2n) is 6.34. The van der Waals surface area contributed by atoms with E-state index in [0.29, 0.717) is 0 Å². The predicted octanol–water partition coefficient (Wildman–Crippen LogP) is -4.63. The fourth-order valence-corrected chi connectivity index (χ4v) is 3.22. The van der Waals surface area contributed by atoms with Gasteiger partial charge in [0.1, 0.15) is 48.8 Å². The largest absolute Gasteiger partial charge is 0.469 e. The Balaban J connectivity index is 2.12. The molecule has 0 spiro atoms. The van der Waals surface area contributed by atoms with Crippen molar-refractivity contribution in [1.82, 2.24) is 0 Å². The molecule has 0 aromatic rings. The van der Waals surface area contributed by atoms with Crippen molar-refractivity contribution in [3.05, 3.63) is 0 Å². The third-order valence-electron chi connectivity index (χ3n) is 4.42. The molecule has 2 aliphatic rings. The van der Waals surface area contributed by atoms with Gasteiger partial charge in [-0.05, 0) is 0 Å². The summed E-state index contributed by atoms with van der Waals surface area (Å²) in [5.74, 6) is 0. The Kier molecular flexibility index (Phi) is 8.29. The molecule has 14 nitrogen and oxygen atoms in total. The molecule has 0 amide bonds. The van der Waals surface area contributed by atoms with E-state index in [1.807, 2.05) is 0 Å². The van der Waals surface area contributed by atoms with Crippen molar-refractivity contribution < 1.29 is 68.5 Å². The minimum Gasteiger partial charge on any atom is -0.394 e. The fourth-order valence-electron chi connectivity index (χ4n) is 2.88. The van der Waals surface area contributed by atoms with E-state index in [1.54, 1.807) is 0 Å². The summed E-state index contributed by atoms with van der Waals surface area (Å²) in [7, 11) is -3.72. The number of rotatable bonds is 7. The smallest absolute Gasteiger partial charge is 0.394 e. The molecule has 0 aromatic heterocycles. The Labute approximate surface area is 159 Å². The Morgan fingerprint density at radius 3 is 1.96 bits per heavy atom. The number of aliphatic hydroxyl groups excluding tert-OH is 6. The van der Waals surface area contributed by atoms with Gasteiger partial charge in [-0.2, -0.15) is 0 Å². The first-order chi connectivity index (χ1) is 13.0. The van der Waals surface area contributed by atoms with Crippen molar-refractivity contribution in [3.63, 3.8) is 0 Å². The zero-order valence-corrected chi connectivity index (χ0v) is 15.6. The third kappa shape index (κ3) is 5.44. The lowest BCUT2D eigenvalue weighted by atomic mass is 9.97. The Hall–Kier alpha value is -0.290. The quantitative estimate of drug-likeness (QED) is 0.176. The van der Waals surface area contributed by atoms with Gasteiger partial charge in [-0.25, -0.2) is 4.57 Å². The van der Waals surface area contributed by atoms with E-state index in [0.717, 1.165) is 0 Å². The molecule has 2 aliphatic heterocycles. The average molecular weight is 436 g/mol. The van der Waals surface area contributed by atoms with E-state index in [-0.39, 0.29) is 0 Å². The molecule has 28 heavy (non-hydrogen) atoms. The summed E-state index contributed by atoms with van der Waals surface area (Å²) in [6, 6.07) is 0. The lowest BCUT2D eigenvalue weighted by Crippen LogP contribution is -2.64. The predicted molar refractivity (Wildman–Crippen MR) is 84.3 cm³/mol. The summed E-state index contributed by atoms with van der Waals surface area (Å²) in [6.07, 6.45) is -15.8. The molecule has 2 heterocycles. The molecule has 0 bridgehead atoms. The molecule has 0 aromatic carbocycles. The van der Waals surface area contributed by atoms with Crippen molar-refractivity contribution in [2.45, 2.75) is 61.4 Å². The van der Waals surface area contributed by atoms with Crippen molar-refractivity contribution in [3.8, 4) is 0 Å². The first kappa shape index (κ1) is 24.0. The summed E-state index contributed by atoms with van der Waals surface area (Å²) >= 11 is 0. The van der Waals surface area contributed by atoms with Crippen LogP contribution in [-0.4, -0.2) is 122 Å². The highest BCUT2D eigenvalue weighted by molar-refractivity contribution is 7.46. The lowest BCUT2D eigenvalue weighted by molar-refractivity contribution is -0.364. The van der Waals surface area contributed by atoms with Crippen molar-refractivity contribution >= 4 is 7.82 Å². The fraction of sp³-hybridized carbons (Fsp3) is 1.00. The minimum atomic E-state index is -4.90. The molecule has 0 saturated carbocycles. The van der Waals surface area contributed by atoms with Crippen molar-refractivity contribution in [2.24, 2.45) is 0 Å². The molecule has 10 atom stereocenters. The van der Waals surface area contributed by atoms with E-state index >= 15 is 0 Å². The highest BCUT2D eigenvalue weighted by Crippen LogP contribution is 2.37. The summed E-state index contributed by atoms with van der Waals surface area (Å²) < 4.78 is 35.9. The summed E-state index contributed by atoms with van der Waals surface area (Å²) in [4.78, 5) is 17.5. The van der Waals surface area contributed by atoms with Crippen LogP contribution in [0.15, 0.2) is 0 Å². The first-order valence-corrected chi connectivity index (χ1v) is 9.73. The highest BCUT2D eigenvalue weighted by Gasteiger charge is 2.50. The van der Waals surface area contributed by atoms with Gasteiger partial charge in [0, 0.05) is 7.11 Å². The molecular weight excluding hydrogens is 411 g/mol.